The molecule has 29 heavy (non-hydrogen) atoms. The maximum Gasteiger partial charge on any atom is 0.139 e. The van der Waals surface area contributed by atoms with Crippen molar-refractivity contribution in [1.29, 1.82) is 0 Å². The number of aliphatic imine (C=N–C) groups is 1. The second-order valence-corrected chi connectivity index (χ2v) is 7.99. The van der Waals surface area contributed by atoms with Crippen molar-refractivity contribution in [3.05, 3.63) is 93.5 Å². The predicted octanol–water partition coefficient (Wildman–Crippen LogP) is 5.09. The summed E-state index contributed by atoms with van der Waals surface area (Å²) in [6.07, 6.45) is 4.48. The van der Waals surface area contributed by atoms with E-state index in [-0.39, 0.29) is 11.7 Å². The van der Waals surface area contributed by atoms with Crippen LogP contribution in [0.2, 0.25) is 5.02 Å². The summed E-state index contributed by atoms with van der Waals surface area (Å²) in [6, 6.07) is 13.7. The Hall–Kier alpha value is -2.85. The van der Waals surface area contributed by atoms with E-state index < -0.39 is 0 Å². The van der Waals surface area contributed by atoms with Gasteiger partial charge in [0.15, 0.2) is 0 Å². The molecule has 146 valence electrons. The number of aromatic nitrogens is 2. The minimum atomic E-state index is 0.152. The van der Waals surface area contributed by atoms with E-state index in [9.17, 15) is 4.79 Å². The third-order valence-corrected chi connectivity index (χ3v) is 5.48. The predicted molar refractivity (Wildman–Crippen MR) is 116 cm³/mol. The smallest absolute Gasteiger partial charge is 0.139 e. The third kappa shape index (κ3) is 4.43. The number of ketones is 1. The Balaban J connectivity index is 1.43. The number of pyridine rings is 2. The molecule has 0 aliphatic carbocycles. The molecule has 4 rings (SSSR count). The summed E-state index contributed by atoms with van der Waals surface area (Å²) in [4.78, 5) is 26.1. The Morgan fingerprint density at radius 3 is 2.69 bits per heavy atom. The molecule has 1 aromatic carbocycles. The Morgan fingerprint density at radius 1 is 1.14 bits per heavy atom. The zero-order valence-corrected chi connectivity index (χ0v) is 17.3. The molecule has 0 unspecified atom stereocenters. The van der Waals surface area contributed by atoms with Crippen molar-refractivity contribution in [1.82, 2.24) is 9.97 Å². The van der Waals surface area contributed by atoms with Crippen LogP contribution in [0.1, 0.15) is 52.9 Å². The first kappa shape index (κ1) is 19.5. The number of halogens is 1. The van der Waals surface area contributed by atoms with Gasteiger partial charge in [-0.1, -0.05) is 30.7 Å². The first-order valence-corrected chi connectivity index (χ1v) is 10.1. The van der Waals surface area contributed by atoms with Gasteiger partial charge in [-0.15, -0.1) is 0 Å². The molecule has 2 aromatic heterocycles. The molecular weight excluding hydrogens is 382 g/mol. The first-order chi connectivity index (χ1) is 14.0. The highest BCUT2D eigenvalue weighted by atomic mass is 35.5. The quantitative estimate of drug-likeness (QED) is 0.575. The van der Waals surface area contributed by atoms with E-state index in [1.807, 2.05) is 55.6 Å². The van der Waals surface area contributed by atoms with Crippen molar-refractivity contribution in [2.45, 2.75) is 39.2 Å². The average molecular weight is 404 g/mol. The molecule has 0 amide bonds. The Bertz CT molecular complexity index is 1090. The summed E-state index contributed by atoms with van der Waals surface area (Å²) in [5.41, 5.74) is 7.06. The van der Waals surface area contributed by atoms with Gasteiger partial charge in [-0.3, -0.25) is 19.8 Å². The molecular formula is C24H22ClN3O. The molecule has 3 aromatic rings. The van der Waals surface area contributed by atoms with Crippen LogP contribution in [0, 0.1) is 6.92 Å². The number of hydrogen-bond acceptors (Lipinski definition) is 4. The molecule has 0 bridgehead atoms. The van der Waals surface area contributed by atoms with E-state index in [0.717, 1.165) is 39.4 Å². The second-order valence-electron chi connectivity index (χ2n) is 7.56. The minimum absolute atomic E-state index is 0.152. The van der Waals surface area contributed by atoms with Gasteiger partial charge in [0.1, 0.15) is 5.78 Å². The standard InChI is InChI=1S/C24H22ClN3O/c1-15(17-3-5-20(25)6-4-17)9-22(29)12-21-11-19-13-28-24(23(19)14-27-21)18-7-8-26-16(2)10-18/h3-8,10-11,14-15H,9,12-13H2,1-2H3/t15-/m0/s1. The monoisotopic (exact) mass is 403 g/mol. The Kier molecular flexibility index (Phi) is 5.54. The van der Waals surface area contributed by atoms with Crippen LogP contribution >= 0.6 is 11.6 Å². The summed E-state index contributed by atoms with van der Waals surface area (Å²) < 4.78 is 0. The fourth-order valence-corrected chi connectivity index (χ4v) is 3.83. The van der Waals surface area contributed by atoms with Crippen molar-refractivity contribution >= 4 is 23.1 Å². The maximum absolute atomic E-state index is 12.6. The molecule has 0 saturated carbocycles. The largest absolute Gasteiger partial charge is 0.299 e. The molecule has 0 radical (unpaired) electrons. The Labute approximate surface area is 175 Å². The van der Waals surface area contributed by atoms with Gasteiger partial charge < -0.3 is 0 Å². The van der Waals surface area contributed by atoms with E-state index in [4.69, 9.17) is 11.6 Å². The third-order valence-electron chi connectivity index (χ3n) is 5.23. The summed E-state index contributed by atoms with van der Waals surface area (Å²) in [7, 11) is 0. The molecule has 3 heterocycles. The molecule has 0 saturated heterocycles. The van der Waals surface area contributed by atoms with Crippen molar-refractivity contribution in [3.63, 3.8) is 0 Å². The highest BCUT2D eigenvalue weighted by Crippen LogP contribution is 2.25. The number of benzene rings is 1. The average Bonchev–Trinajstić information content (AvgIpc) is 3.11. The van der Waals surface area contributed by atoms with Gasteiger partial charge in [0.25, 0.3) is 0 Å². The normalized spacial score (nSPS) is 13.7. The molecule has 5 heteroatoms. The Morgan fingerprint density at radius 2 is 1.93 bits per heavy atom. The van der Waals surface area contributed by atoms with Gasteiger partial charge in [0.2, 0.25) is 0 Å². The van der Waals surface area contributed by atoms with Gasteiger partial charge >= 0.3 is 0 Å². The summed E-state index contributed by atoms with van der Waals surface area (Å²) in [5.74, 6) is 0.336. The van der Waals surface area contributed by atoms with E-state index >= 15 is 0 Å². The SMILES string of the molecule is Cc1cc(C2=NCc3cc(CC(=O)C[C@H](C)c4ccc(Cl)cc4)ncc32)ccn1. The molecule has 0 spiro atoms. The zero-order chi connectivity index (χ0) is 20.4. The van der Waals surface area contributed by atoms with Crippen LogP contribution in [-0.2, 0) is 17.8 Å². The topological polar surface area (TPSA) is 55.2 Å². The summed E-state index contributed by atoms with van der Waals surface area (Å²) >= 11 is 5.95. The van der Waals surface area contributed by atoms with Crippen LogP contribution in [0.25, 0.3) is 0 Å². The van der Waals surface area contributed by atoms with Gasteiger partial charge in [0.05, 0.1) is 12.3 Å². The van der Waals surface area contributed by atoms with E-state index in [1.165, 1.54) is 0 Å². The van der Waals surface area contributed by atoms with Crippen LogP contribution in [0.5, 0.6) is 0 Å². The maximum atomic E-state index is 12.6. The summed E-state index contributed by atoms with van der Waals surface area (Å²) in [6.45, 7) is 4.66. The van der Waals surface area contributed by atoms with Crippen molar-refractivity contribution in [2.75, 3.05) is 0 Å². The van der Waals surface area contributed by atoms with E-state index in [1.54, 1.807) is 6.20 Å². The first-order valence-electron chi connectivity index (χ1n) is 9.72. The lowest BCUT2D eigenvalue weighted by Gasteiger charge is -2.11. The number of hydrogen-bond donors (Lipinski definition) is 0. The van der Waals surface area contributed by atoms with Gasteiger partial charge in [-0.25, -0.2) is 0 Å². The van der Waals surface area contributed by atoms with Crippen LogP contribution < -0.4 is 0 Å². The number of carbonyl (C=O) groups is 1. The van der Waals surface area contributed by atoms with Crippen LogP contribution in [0.3, 0.4) is 0 Å². The number of Topliss-reactive ketones (excluding diaryl/α,β-unsaturated/α-hetero) is 1. The number of carbonyl (C=O) groups excluding carboxylic acids is 1. The fraction of sp³-hybridized carbons (Fsp3) is 0.250. The minimum Gasteiger partial charge on any atom is -0.299 e. The van der Waals surface area contributed by atoms with Crippen molar-refractivity contribution in [3.8, 4) is 0 Å². The lowest BCUT2D eigenvalue weighted by Crippen LogP contribution is -2.10. The van der Waals surface area contributed by atoms with Crippen LogP contribution in [0.15, 0.2) is 59.9 Å². The number of aryl methyl sites for hydroxylation is 1. The molecule has 0 fully saturated rings. The molecule has 1 aliphatic rings. The van der Waals surface area contributed by atoms with Crippen molar-refractivity contribution in [2.24, 2.45) is 4.99 Å². The molecule has 4 nitrogen and oxygen atoms in total. The highest BCUT2D eigenvalue weighted by Gasteiger charge is 2.20. The molecule has 1 aliphatic heterocycles. The van der Waals surface area contributed by atoms with Gasteiger partial charge in [-0.05, 0) is 54.3 Å². The fourth-order valence-electron chi connectivity index (χ4n) is 3.70. The number of rotatable bonds is 6. The van der Waals surface area contributed by atoms with E-state index in [2.05, 4.69) is 21.9 Å². The van der Waals surface area contributed by atoms with E-state index in [0.29, 0.717) is 24.4 Å². The molecule has 0 N–H and O–H groups in total. The van der Waals surface area contributed by atoms with Gasteiger partial charge in [-0.2, -0.15) is 0 Å². The van der Waals surface area contributed by atoms with Crippen LogP contribution in [-0.4, -0.2) is 21.5 Å². The van der Waals surface area contributed by atoms with Crippen molar-refractivity contribution < 1.29 is 4.79 Å². The number of fused-ring (bicyclic) bond motifs is 1. The summed E-state index contributed by atoms with van der Waals surface area (Å²) in [5, 5.41) is 0.707. The number of nitrogens with zero attached hydrogens (tertiary/aromatic N) is 3. The highest BCUT2D eigenvalue weighted by molar-refractivity contribution is 6.30. The lowest BCUT2D eigenvalue weighted by atomic mass is 9.94. The van der Waals surface area contributed by atoms with Crippen LogP contribution in [0.4, 0.5) is 0 Å². The van der Waals surface area contributed by atoms with Gasteiger partial charge in [0, 0.05) is 52.8 Å². The molecule has 1 atom stereocenters. The zero-order valence-electron chi connectivity index (χ0n) is 16.5. The second kappa shape index (κ2) is 8.26. The lowest BCUT2D eigenvalue weighted by molar-refractivity contribution is -0.118.